The monoisotopic (exact) mass is 486 g/mol. The third-order valence-corrected chi connectivity index (χ3v) is 6.78. The van der Waals surface area contributed by atoms with E-state index in [0.717, 1.165) is 42.3 Å². The molecule has 1 aromatic carbocycles. The van der Waals surface area contributed by atoms with Gasteiger partial charge in [0.1, 0.15) is 17.8 Å². The first kappa shape index (κ1) is 23.5. The zero-order valence-corrected chi connectivity index (χ0v) is 21.0. The average molecular weight is 487 g/mol. The molecule has 186 valence electrons. The van der Waals surface area contributed by atoms with E-state index in [2.05, 4.69) is 25.3 Å². The summed E-state index contributed by atoms with van der Waals surface area (Å²) in [5, 5.41) is 7.45. The highest BCUT2D eigenvalue weighted by atomic mass is 16.2. The van der Waals surface area contributed by atoms with Gasteiger partial charge in [-0.15, -0.1) is 0 Å². The number of nitrogens with zero attached hydrogens (tertiary/aromatic N) is 7. The van der Waals surface area contributed by atoms with E-state index in [1.165, 1.54) is 6.33 Å². The van der Waals surface area contributed by atoms with Crippen LogP contribution in [0.25, 0.3) is 11.5 Å². The summed E-state index contributed by atoms with van der Waals surface area (Å²) in [6.07, 6.45) is 3.13. The number of hydrogen-bond acceptors (Lipinski definition) is 6. The lowest BCUT2D eigenvalue weighted by Crippen LogP contribution is -2.41. The average Bonchev–Trinajstić information content (AvgIpc) is 3.34. The van der Waals surface area contributed by atoms with Crippen LogP contribution in [0.4, 0.5) is 11.5 Å². The minimum absolute atomic E-state index is 0.154. The molecular weight excluding hydrogens is 456 g/mol. The van der Waals surface area contributed by atoms with E-state index in [1.54, 1.807) is 14.0 Å². The van der Waals surface area contributed by atoms with Crippen LogP contribution in [0.3, 0.4) is 0 Å². The van der Waals surface area contributed by atoms with Crippen molar-refractivity contribution >= 4 is 17.4 Å². The van der Waals surface area contributed by atoms with E-state index < -0.39 is 0 Å². The third-order valence-electron chi connectivity index (χ3n) is 6.78. The second-order valence-electron chi connectivity index (χ2n) is 9.28. The molecule has 0 unspecified atom stereocenters. The predicted octanol–water partition coefficient (Wildman–Crippen LogP) is 2.93. The minimum atomic E-state index is -0.268. The smallest absolute Gasteiger partial charge is 0.295 e. The minimum Gasteiger partial charge on any atom is -0.356 e. The van der Waals surface area contributed by atoms with Gasteiger partial charge < -0.3 is 10.2 Å². The maximum absolute atomic E-state index is 13.3. The van der Waals surface area contributed by atoms with E-state index >= 15 is 0 Å². The van der Waals surface area contributed by atoms with Crippen molar-refractivity contribution in [2.24, 2.45) is 13.0 Å². The largest absolute Gasteiger partial charge is 0.356 e. The molecule has 1 N–H and O–H groups in total. The van der Waals surface area contributed by atoms with Crippen molar-refractivity contribution in [2.45, 2.75) is 33.6 Å². The fourth-order valence-corrected chi connectivity index (χ4v) is 4.82. The Morgan fingerprint density at radius 2 is 1.81 bits per heavy atom. The molecule has 0 bridgehead atoms. The molecule has 3 aromatic heterocycles. The normalized spacial score (nSPS) is 15.8. The Morgan fingerprint density at radius 3 is 2.53 bits per heavy atom. The summed E-state index contributed by atoms with van der Waals surface area (Å²) in [6.45, 7) is 7.08. The van der Waals surface area contributed by atoms with Gasteiger partial charge in [-0.1, -0.05) is 18.2 Å². The zero-order valence-electron chi connectivity index (χ0n) is 21.0. The number of amides is 1. The number of hydrogen-bond donors (Lipinski definition) is 1. The molecule has 36 heavy (non-hydrogen) atoms. The van der Waals surface area contributed by atoms with Gasteiger partial charge in [-0.05, 0) is 51.8 Å². The highest BCUT2D eigenvalue weighted by Crippen LogP contribution is 2.24. The topological polar surface area (TPSA) is 103 Å². The summed E-state index contributed by atoms with van der Waals surface area (Å²) < 4.78 is 5.13. The van der Waals surface area contributed by atoms with Gasteiger partial charge in [0.25, 0.3) is 5.56 Å². The molecule has 0 saturated carbocycles. The molecular formula is C26H30N8O2. The number of aromatic nitrogens is 6. The molecule has 4 heterocycles. The van der Waals surface area contributed by atoms with Crippen molar-refractivity contribution in [1.82, 2.24) is 29.1 Å². The number of piperidine rings is 1. The Balaban J connectivity index is 1.35. The first-order valence-electron chi connectivity index (χ1n) is 12.1. The number of aryl methyl sites for hydroxylation is 2. The molecule has 1 aliphatic heterocycles. The fourth-order valence-electron chi connectivity index (χ4n) is 4.82. The zero-order chi connectivity index (χ0) is 25.4. The number of rotatable bonds is 5. The van der Waals surface area contributed by atoms with Crippen LogP contribution in [-0.2, 0) is 11.8 Å². The second-order valence-corrected chi connectivity index (χ2v) is 9.28. The third kappa shape index (κ3) is 4.30. The summed E-state index contributed by atoms with van der Waals surface area (Å²) in [5.41, 5.74) is 3.44. The molecule has 0 spiro atoms. The molecule has 1 aliphatic rings. The number of benzene rings is 1. The summed E-state index contributed by atoms with van der Waals surface area (Å²) in [7, 11) is 1.82. The summed E-state index contributed by atoms with van der Waals surface area (Å²) in [6, 6.07) is 13.3. The Kier molecular flexibility index (Phi) is 6.17. The van der Waals surface area contributed by atoms with Crippen molar-refractivity contribution in [1.29, 1.82) is 0 Å². The van der Waals surface area contributed by atoms with Crippen LogP contribution in [0.5, 0.6) is 0 Å². The van der Waals surface area contributed by atoms with Crippen LogP contribution in [0, 0.1) is 26.7 Å². The molecule has 0 aliphatic carbocycles. The fraction of sp³-hybridized carbons (Fsp3) is 0.346. The first-order valence-corrected chi connectivity index (χ1v) is 12.1. The summed E-state index contributed by atoms with van der Waals surface area (Å²) in [5.74, 6) is 1.03. The van der Waals surface area contributed by atoms with Crippen LogP contribution < -0.4 is 15.8 Å². The van der Waals surface area contributed by atoms with Gasteiger partial charge in [-0.25, -0.2) is 19.3 Å². The number of anilines is 2. The second kappa shape index (κ2) is 9.44. The molecule has 10 nitrogen and oxygen atoms in total. The highest BCUT2D eigenvalue weighted by Gasteiger charge is 2.29. The maximum atomic E-state index is 13.3. The molecule has 5 rings (SSSR count). The molecule has 1 amide bonds. The van der Waals surface area contributed by atoms with Crippen molar-refractivity contribution in [3.05, 3.63) is 76.2 Å². The number of nitrogens with one attached hydrogen (secondary N) is 1. The van der Waals surface area contributed by atoms with E-state index in [4.69, 9.17) is 0 Å². The lowest BCUT2D eigenvalue weighted by molar-refractivity contribution is -0.120. The summed E-state index contributed by atoms with van der Waals surface area (Å²) in [4.78, 5) is 37.5. The van der Waals surface area contributed by atoms with Crippen molar-refractivity contribution in [3.63, 3.8) is 0 Å². The molecule has 10 heteroatoms. The Hall–Kier alpha value is -4.21. The Morgan fingerprint density at radius 1 is 1.06 bits per heavy atom. The molecule has 1 fully saturated rings. The van der Waals surface area contributed by atoms with Gasteiger partial charge in [0.15, 0.2) is 5.82 Å². The van der Waals surface area contributed by atoms with E-state index in [-0.39, 0.29) is 17.4 Å². The first-order chi connectivity index (χ1) is 17.3. The quantitative estimate of drug-likeness (QED) is 0.465. The Bertz CT molecular complexity index is 1470. The SMILES string of the molecule is Cc1cc(C)n(-c2cc(N3CCC[C@@H](C(=O)Nc4c(C)n(C)n(-c5ccccc5)c4=O)C3)ncn2)n1. The van der Waals surface area contributed by atoms with Crippen LogP contribution >= 0.6 is 0 Å². The molecule has 0 radical (unpaired) electrons. The highest BCUT2D eigenvalue weighted by molar-refractivity contribution is 5.93. The number of carbonyl (C=O) groups is 1. The van der Waals surface area contributed by atoms with Gasteiger partial charge in [0.05, 0.1) is 23.0 Å². The van der Waals surface area contributed by atoms with Crippen LogP contribution in [0.15, 0.2) is 53.6 Å². The van der Waals surface area contributed by atoms with Gasteiger partial charge in [0, 0.05) is 31.9 Å². The number of carbonyl (C=O) groups excluding carboxylic acids is 1. The van der Waals surface area contributed by atoms with Gasteiger partial charge in [-0.3, -0.25) is 14.3 Å². The van der Waals surface area contributed by atoms with E-state index in [9.17, 15) is 9.59 Å². The Labute approximate surface area is 209 Å². The van der Waals surface area contributed by atoms with E-state index in [0.29, 0.717) is 23.7 Å². The molecule has 1 atom stereocenters. The molecule has 4 aromatic rings. The summed E-state index contributed by atoms with van der Waals surface area (Å²) >= 11 is 0. The standard InChI is InChI=1S/C26H30N8O2/c1-17-13-18(2)33(30-17)23-14-22(27-16-28-23)32-12-8-9-20(15-32)25(35)29-24-19(3)31(4)34(26(24)36)21-10-6-5-7-11-21/h5-7,10-11,13-14,16,20H,8-9,12,15H2,1-4H3,(H,29,35)/t20-/m1/s1. The van der Waals surface area contributed by atoms with Crippen molar-refractivity contribution in [3.8, 4) is 11.5 Å². The number of para-hydroxylation sites is 1. The lowest BCUT2D eigenvalue weighted by atomic mass is 9.97. The van der Waals surface area contributed by atoms with Gasteiger partial charge >= 0.3 is 0 Å². The van der Waals surface area contributed by atoms with Crippen LogP contribution in [0.1, 0.15) is 29.9 Å². The van der Waals surface area contributed by atoms with E-state index in [1.807, 2.05) is 70.3 Å². The maximum Gasteiger partial charge on any atom is 0.295 e. The predicted molar refractivity (Wildman–Crippen MR) is 138 cm³/mol. The lowest BCUT2D eigenvalue weighted by Gasteiger charge is -2.32. The van der Waals surface area contributed by atoms with Gasteiger partial charge in [0.2, 0.25) is 5.91 Å². The van der Waals surface area contributed by atoms with Crippen molar-refractivity contribution < 1.29 is 4.79 Å². The van der Waals surface area contributed by atoms with Crippen molar-refractivity contribution in [2.75, 3.05) is 23.3 Å². The van der Waals surface area contributed by atoms with Crippen LogP contribution in [0.2, 0.25) is 0 Å². The van der Waals surface area contributed by atoms with Gasteiger partial charge in [-0.2, -0.15) is 5.10 Å². The van der Waals surface area contributed by atoms with Crippen LogP contribution in [-0.4, -0.2) is 48.1 Å². The molecule has 1 saturated heterocycles.